The summed E-state index contributed by atoms with van der Waals surface area (Å²) < 4.78 is 19.2. The number of aryl methyl sites for hydroxylation is 1. The molecule has 2 aromatic carbocycles. The molecule has 0 aliphatic heterocycles. The van der Waals surface area contributed by atoms with E-state index in [2.05, 4.69) is 5.32 Å². The molecule has 0 saturated carbocycles. The lowest BCUT2D eigenvalue weighted by Gasteiger charge is -2.10. The first kappa shape index (κ1) is 20.0. The van der Waals surface area contributed by atoms with E-state index in [0.29, 0.717) is 5.56 Å². The Morgan fingerprint density at radius 2 is 1.86 bits per heavy atom. The maximum atomic E-state index is 14.1. The lowest BCUT2D eigenvalue weighted by molar-refractivity contribution is 0.0529. The molecule has 0 aliphatic rings. The van der Waals surface area contributed by atoms with Gasteiger partial charge in [-0.3, -0.25) is 4.79 Å². The molecule has 1 aromatic heterocycles. The second-order valence-electron chi connectivity index (χ2n) is 5.99. The number of anilines is 1. The highest BCUT2D eigenvalue weighted by atomic mass is 35.5. The highest BCUT2D eigenvalue weighted by Gasteiger charge is 2.24. The van der Waals surface area contributed by atoms with Gasteiger partial charge in [0.25, 0.3) is 5.91 Å². The molecule has 0 atom stereocenters. The third-order valence-corrected chi connectivity index (χ3v) is 5.26. The van der Waals surface area contributed by atoms with Gasteiger partial charge in [-0.1, -0.05) is 47.5 Å². The predicted octanol–water partition coefficient (Wildman–Crippen LogP) is 5.95. The Balaban J connectivity index is 2.02. The Bertz CT molecular complexity index is 1010. The number of hydrogen-bond donors (Lipinski definition) is 1. The molecule has 144 valence electrons. The first-order valence-electron chi connectivity index (χ1n) is 8.53. The van der Waals surface area contributed by atoms with Crippen LogP contribution in [-0.2, 0) is 4.74 Å². The summed E-state index contributed by atoms with van der Waals surface area (Å²) in [6.45, 7) is 3.86. The van der Waals surface area contributed by atoms with Crippen molar-refractivity contribution >= 4 is 39.8 Å². The smallest absolute Gasteiger partial charge is 0.341 e. The van der Waals surface area contributed by atoms with Crippen LogP contribution in [0.4, 0.5) is 9.39 Å². The Kier molecular flexibility index (Phi) is 6.11. The highest BCUT2D eigenvalue weighted by molar-refractivity contribution is 7.15. The number of halogens is 2. The SMILES string of the molecule is CCOC(=O)c1c(-c2ccc(C)cc2)csc1NC(=O)c1c(F)cccc1Cl. The number of ether oxygens (including phenoxy) is 1. The summed E-state index contributed by atoms with van der Waals surface area (Å²) in [5.41, 5.74) is 2.49. The number of thiophene rings is 1. The van der Waals surface area contributed by atoms with Gasteiger partial charge in [-0.25, -0.2) is 9.18 Å². The highest BCUT2D eigenvalue weighted by Crippen LogP contribution is 2.37. The minimum atomic E-state index is -0.738. The van der Waals surface area contributed by atoms with Crippen molar-refractivity contribution in [1.82, 2.24) is 0 Å². The lowest BCUT2D eigenvalue weighted by Crippen LogP contribution is -2.16. The molecule has 3 aromatic rings. The molecule has 1 amide bonds. The van der Waals surface area contributed by atoms with E-state index >= 15 is 0 Å². The number of carbonyl (C=O) groups is 2. The van der Waals surface area contributed by atoms with Gasteiger partial charge in [-0.05, 0) is 31.5 Å². The normalized spacial score (nSPS) is 10.6. The molecule has 1 N–H and O–H groups in total. The zero-order valence-electron chi connectivity index (χ0n) is 15.2. The third-order valence-electron chi connectivity index (χ3n) is 4.05. The molecule has 0 saturated heterocycles. The van der Waals surface area contributed by atoms with Gasteiger partial charge in [0.05, 0.1) is 17.2 Å². The number of rotatable bonds is 5. The molecule has 0 bridgehead atoms. The predicted molar refractivity (Wildman–Crippen MR) is 110 cm³/mol. The summed E-state index contributed by atoms with van der Waals surface area (Å²) in [6.07, 6.45) is 0. The molecule has 0 aliphatic carbocycles. The molecule has 0 spiro atoms. The fourth-order valence-electron chi connectivity index (χ4n) is 2.68. The fraction of sp³-hybridized carbons (Fsp3) is 0.143. The van der Waals surface area contributed by atoms with Crippen molar-refractivity contribution in [2.75, 3.05) is 11.9 Å². The summed E-state index contributed by atoms with van der Waals surface area (Å²) in [4.78, 5) is 25.2. The van der Waals surface area contributed by atoms with Crippen LogP contribution in [0.15, 0.2) is 47.8 Å². The summed E-state index contributed by atoms with van der Waals surface area (Å²) in [7, 11) is 0. The van der Waals surface area contributed by atoms with E-state index in [-0.39, 0.29) is 27.8 Å². The molecule has 1 heterocycles. The first-order chi connectivity index (χ1) is 13.4. The number of benzene rings is 2. The van der Waals surface area contributed by atoms with Gasteiger partial charge < -0.3 is 10.1 Å². The van der Waals surface area contributed by atoms with E-state index in [0.717, 1.165) is 17.2 Å². The van der Waals surface area contributed by atoms with Crippen LogP contribution in [0.2, 0.25) is 5.02 Å². The van der Waals surface area contributed by atoms with Gasteiger partial charge in [-0.15, -0.1) is 11.3 Å². The Hall–Kier alpha value is -2.70. The summed E-state index contributed by atoms with van der Waals surface area (Å²) in [6, 6.07) is 11.6. The van der Waals surface area contributed by atoms with Gasteiger partial charge in [0.1, 0.15) is 16.4 Å². The Morgan fingerprint density at radius 1 is 1.14 bits per heavy atom. The number of nitrogens with one attached hydrogen (secondary N) is 1. The summed E-state index contributed by atoms with van der Waals surface area (Å²) in [5.74, 6) is -2.03. The zero-order valence-corrected chi connectivity index (χ0v) is 16.8. The molecule has 0 radical (unpaired) electrons. The molecule has 4 nitrogen and oxygen atoms in total. The first-order valence-corrected chi connectivity index (χ1v) is 9.79. The van der Waals surface area contributed by atoms with E-state index in [1.807, 2.05) is 31.2 Å². The van der Waals surface area contributed by atoms with Gasteiger partial charge in [-0.2, -0.15) is 0 Å². The van der Waals surface area contributed by atoms with Crippen molar-refractivity contribution < 1.29 is 18.7 Å². The molecule has 0 unspecified atom stereocenters. The fourth-order valence-corrected chi connectivity index (χ4v) is 3.88. The lowest BCUT2D eigenvalue weighted by atomic mass is 10.0. The van der Waals surface area contributed by atoms with Crippen LogP contribution >= 0.6 is 22.9 Å². The molecule has 28 heavy (non-hydrogen) atoms. The van der Waals surface area contributed by atoms with Crippen LogP contribution < -0.4 is 5.32 Å². The van der Waals surface area contributed by atoms with Crippen molar-refractivity contribution in [3.05, 3.63) is 75.4 Å². The van der Waals surface area contributed by atoms with Gasteiger partial charge in [0, 0.05) is 10.9 Å². The van der Waals surface area contributed by atoms with E-state index < -0.39 is 17.7 Å². The van der Waals surface area contributed by atoms with Crippen LogP contribution in [-0.4, -0.2) is 18.5 Å². The minimum Gasteiger partial charge on any atom is -0.462 e. The molecule has 3 rings (SSSR count). The molecule has 0 fully saturated rings. The molecular formula is C21H17ClFNO3S. The Labute approximate surface area is 170 Å². The van der Waals surface area contributed by atoms with E-state index in [1.54, 1.807) is 12.3 Å². The van der Waals surface area contributed by atoms with E-state index in [1.165, 1.54) is 23.5 Å². The number of carbonyl (C=O) groups excluding carboxylic acids is 2. The van der Waals surface area contributed by atoms with Crippen LogP contribution in [0.3, 0.4) is 0 Å². The summed E-state index contributed by atoms with van der Waals surface area (Å²) in [5, 5.41) is 4.63. The van der Waals surface area contributed by atoms with Crippen molar-refractivity contribution in [2.45, 2.75) is 13.8 Å². The average Bonchev–Trinajstić information content (AvgIpc) is 3.06. The van der Waals surface area contributed by atoms with Crippen molar-refractivity contribution in [1.29, 1.82) is 0 Å². The monoisotopic (exact) mass is 417 g/mol. The molecule has 7 heteroatoms. The average molecular weight is 418 g/mol. The van der Waals surface area contributed by atoms with Crippen LogP contribution in [0.5, 0.6) is 0 Å². The van der Waals surface area contributed by atoms with Crippen LogP contribution in [0.1, 0.15) is 33.2 Å². The van der Waals surface area contributed by atoms with Gasteiger partial charge in [0.2, 0.25) is 0 Å². The van der Waals surface area contributed by atoms with Gasteiger partial charge >= 0.3 is 5.97 Å². The number of esters is 1. The van der Waals surface area contributed by atoms with Crippen LogP contribution in [0, 0.1) is 12.7 Å². The van der Waals surface area contributed by atoms with Crippen molar-refractivity contribution in [3.8, 4) is 11.1 Å². The van der Waals surface area contributed by atoms with Crippen molar-refractivity contribution in [3.63, 3.8) is 0 Å². The summed E-state index contributed by atoms with van der Waals surface area (Å²) >= 11 is 7.14. The zero-order chi connectivity index (χ0) is 20.3. The number of hydrogen-bond acceptors (Lipinski definition) is 4. The number of amides is 1. The molecular weight excluding hydrogens is 401 g/mol. The largest absolute Gasteiger partial charge is 0.462 e. The van der Waals surface area contributed by atoms with Crippen molar-refractivity contribution in [2.24, 2.45) is 0 Å². The second-order valence-corrected chi connectivity index (χ2v) is 7.28. The quantitative estimate of drug-likeness (QED) is 0.522. The van der Waals surface area contributed by atoms with E-state index in [4.69, 9.17) is 16.3 Å². The topological polar surface area (TPSA) is 55.4 Å². The minimum absolute atomic E-state index is 0.00880. The standard InChI is InChI=1S/C21H17ClFNO3S/c1-3-27-21(26)17-14(13-9-7-12(2)8-10-13)11-28-20(17)24-19(25)18-15(22)5-4-6-16(18)23/h4-11H,3H2,1-2H3,(H,24,25). The maximum Gasteiger partial charge on any atom is 0.341 e. The van der Waals surface area contributed by atoms with Gasteiger partial charge in [0.15, 0.2) is 0 Å². The second kappa shape index (κ2) is 8.54. The van der Waals surface area contributed by atoms with Crippen LogP contribution in [0.25, 0.3) is 11.1 Å². The Morgan fingerprint density at radius 3 is 2.50 bits per heavy atom. The maximum absolute atomic E-state index is 14.1. The third kappa shape index (κ3) is 4.08. The van der Waals surface area contributed by atoms with E-state index in [9.17, 15) is 14.0 Å².